The largest absolute Gasteiger partial charge is 0.495 e. The van der Waals surface area contributed by atoms with Crippen molar-refractivity contribution in [3.8, 4) is 5.75 Å². The van der Waals surface area contributed by atoms with Gasteiger partial charge in [0, 0.05) is 24.5 Å². The number of sulfone groups is 1. The number of aliphatic imine (C=N–C) groups is 1. The molecule has 0 bridgehead atoms. The van der Waals surface area contributed by atoms with Crippen molar-refractivity contribution >= 4 is 27.2 Å². The average molecular weight is 495 g/mol. The molecule has 3 N–H and O–H groups in total. The average Bonchev–Trinajstić information content (AvgIpc) is 3.40. The number of hydrogen-bond acceptors (Lipinski definition) is 8. The minimum absolute atomic E-state index is 0.164. The number of nitrogens with one attached hydrogen (secondary N) is 3. The molecule has 0 aromatic heterocycles. The number of nitrogens with zero attached hydrogens (tertiary/aromatic N) is 1. The molecule has 35 heavy (non-hydrogen) atoms. The summed E-state index contributed by atoms with van der Waals surface area (Å²) < 4.78 is 36.8. The van der Waals surface area contributed by atoms with Crippen LogP contribution in [0.3, 0.4) is 0 Å². The number of hydrogen-bond donors (Lipinski definition) is 3. The molecule has 0 aliphatic carbocycles. The zero-order valence-electron chi connectivity index (χ0n) is 19.8. The maximum absolute atomic E-state index is 12.8. The molecular formula is C26H30N4O4S. The van der Waals surface area contributed by atoms with Crippen LogP contribution >= 0.6 is 0 Å². The van der Waals surface area contributed by atoms with Crippen molar-refractivity contribution < 1.29 is 17.9 Å². The van der Waals surface area contributed by atoms with E-state index in [4.69, 9.17) is 9.47 Å². The summed E-state index contributed by atoms with van der Waals surface area (Å²) in [5.41, 5.74) is 3.66. The summed E-state index contributed by atoms with van der Waals surface area (Å²) in [6, 6.07) is 22.3. The standard InChI is InChI=1S/C26H30N4O4S/c1-3-34-25(20-10-14-22(15-11-20)30-26-27-16-17-28-26)19-8-12-21(13-9-19)29-18-35(31,32)24-7-5-4-6-23(24)33-2/h4-15,25,29H,3,16-18H2,1-2H3,(H2,27,28,30). The minimum Gasteiger partial charge on any atom is -0.495 e. The van der Waals surface area contributed by atoms with Gasteiger partial charge in [-0.2, -0.15) is 0 Å². The van der Waals surface area contributed by atoms with Gasteiger partial charge >= 0.3 is 0 Å². The summed E-state index contributed by atoms with van der Waals surface area (Å²) in [5, 5.41) is 9.46. The summed E-state index contributed by atoms with van der Waals surface area (Å²) in [5.74, 6) is 0.879. The van der Waals surface area contributed by atoms with Gasteiger partial charge in [0.1, 0.15) is 22.6 Å². The maximum atomic E-state index is 12.8. The highest BCUT2D eigenvalue weighted by atomic mass is 32.2. The molecule has 4 rings (SSSR count). The van der Waals surface area contributed by atoms with Crippen LogP contribution in [0.5, 0.6) is 5.75 Å². The molecule has 1 unspecified atom stereocenters. The Bertz CT molecular complexity index is 1260. The lowest BCUT2D eigenvalue weighted by Gasteiger charge is -2.19. The van der Waals surface area contributed by atoms with Crippen LogP contribution in [0.1, 0.15) is 24.2 Å². The van der Waals surface area contributed by atoms with E-state index in [0.717, 1.165) is 35.9 Å². The van der Waals surface area contributed by atoms with Crippen molar-refractivity contribution in [2.24, 2.45) is 4.99 Å². The second kappa shape index (κ2) is 11.2. The molecule has 0 spiro atoms. The molecule has 1 aliphatic heterocycles. The summed E-state index contributed by atoms with van der Waals surface area (Å²) >= 11 is 0. The Morgan fingerprint density at radius 1 is 0.971 bits per heavy atom. The zero-order chi connectivity index (χ0) is 24.7. The number of anilines is 2. The fourth-order valence-electron chi connectivity index (χ4n) is 3.82. The minimum atomic E-state index is -3.57. The van der Waals surface area contributed by atoms with E-state index < -0.39 is 9.84 Å². The van der Waals surface area contributed by atoms with Gasteiger partial charge in [0.25, 0.3) is 0 Å². The molecule has 1 heterocycles. The van der Waals surface area contributed by atoms with Gasteiger partial charge in [0.15, 0.2) is 15.8 Å². The highest BCUT2D eigenvalue weighted by molar-refractivity contribution is 7.91. The molecular weight excluding hydrogens is 464 g/mol. The molecule has 0 amide bonds. The van der Waals surface area contributed by atoms with Gasteiger partial charge in [-0.3, -0.25) is 4.99 Å². The topological polar surface area (TPSA) is 101 Å². The predicted octanol–water partition coefficient (Wildman–Crippen LogP) is 4.04. The van der Waals surface area contributed by atoms with Crippen LogP contribution < -0.4 is 20.7 Å². The summed E-state index contributed by atoms with van der Waals surface area (Å²) in [6.07, 6.45) is -0.234. The second-order valence-electron chi connectivity index (χ2n) is 7.95. The summed E-state index contributed by atoms with van der Waals surface area (Å²) in [7, 11) is -2.11. The van der Waals surface area contributed by atoms with E-state index in [1.165, 1.54) is 7.11 Å². The third-order valence-electron chi connectivity index (χ3n) is 5.57. The molecule has 0 fully saturated rings. The molecule has 184 valence electrons. The maximum Gasteiger partial charge on any atom is 0.199 e. The number of para-hydroxylation sites is 1. The first-order chi connectivity index (χ1) is 17.0. The highest BCUT2D eigenvalue weighted by Crippen LogP contribution is 2.29. The molecule has 3 aromatic rings. The number of ether oxygens (including phenoxy) is 2. The normalized spacial score (nSPS) is 14.1. The highest BCUT2D eigenvalue weighted by Gasteiger charge is 2.19. The van der Waals surface area contributed by atoms with E-state index in [-0.39, 0.29) is 16.9 Å². The Morgan fingerprint density at radius 3 is 2.23 bits per heavy atom. The van der Waals surface area contributed by atoms with Crippen LogP contribution in [-0.4, -0.2) is 47.1 Å². The fraction of sp³-hybridized carbons (Fsp3) is 0.269. The zero-order valence-corrected chi connectivity index (χ0v) is 20.6. The summed E-state index contributed by atoms with van der Waals surface area (Å²) in [4.78, 5) is 4.51. The van der Waals surface area contributed by atoms with Crippen LogP contribution in [0.2, 0.25) is 0 Å². The number of benzene rings is 3. The van der Waals surface area contributed by atoms with Gasteiger partial charge < -0.3 is 25.4 Å². The van der Waals surface area contributed by atoms with Gasteiger partial charge in [0.2, 0.25) is 0 Å². The van der Waals surface area contributed by atoms with Crippen molar-refractivity contribution in [3.05, 3.63) is 83.9 Å². The van der Waals surface area contributed by atoms with Crippen molar-refractivity contribution in [3.63, 3.8) is 0 Å². The molecule has 1 atom stereocenters. The van der Waals surface area contributed by atoms with Crippen molar-refractivity contribution in [1.29, 1.82) is 0 Å². The Morgan fingerprint density at radius 2 is 1.63 bits per heavy atom. The van der Waals surface area contributed by atoms with Gasteiger partial charge in [-0.15, -0.1) is 0 Å². The number of guanidine groups is 1. The van der Waals surface area contributed by atoms with Gasteiger partial charge in [0.05, 0.1) is 13.7 Å². The van der Waals surface area contributed by atoms with Crippen molar-refractivity contribution in [1.82, 2.24) is 5.32 Å². The fourth-order valence-corrected chi connectivity index (χ4v) is 5.07. The summed E-state index contributed by atoms with van der Waals surface area (Å²) in [6.45, 7) is 4.15. The van der Waals surface area contributed by atoms with E-state index in [1.807, 2.05) is 55.5 Å². The Hall–Kier alpha value is -3.56. The molecule has 0 radical (unpaired) electrons. The second-order valence-corrected chi connectivity index (χ2v) is 9.91. The van der Waals surface area contributed by atoms with Gasteiger partial charge in [-0.1, -0.05) is 36.4 Å². The molecule has 9 heteroatoms. The molecule has 0 saturated heterocycles. The predicted molar refractivity (Wildman–Crippen MR) is 139 cm³/mol. The van der Waals surface area contributed by atoms with Crippen molar-refractivity contribution in [2.45, 2.75) is 17.9 Å². The van der Waals surface area contributed by atoms with Gasteiger partial charge in [-0.25, -0.2) is 8.42 Å². The van der Waals surface area contributed by atoms with E-state index in [2.05, 4.69) is 20.9 Å². The van der Waals surface area contributed by atoms with Crippen LogP contribution in [-0.2, 0) is 14.6 Å². The molecule has 8 nitrogen and oxygen atoms in total. The SMILES string of the molecule is CCOC(c1ccc(NCS(=O)(=O)c2ccccc2OC)cc1)c1ccc(NC2=NCCN2)cc1. The van der Waals surface area contributed by atoms with E-state index in [0.29, 0.717) is 18.0 Å². The third kappa shape index (κ3) is 6.12. The van der Waals surface area contributed by atoms with Crippen LogP contribution in [0, 0.1) is 0 Å². The number of methoxy groups -OCH3 is 1. The van der Waals surface area contributed by atoms with E-state index in [1.54, 1.807) is 24.3 Å². The first-order valence-electron chi connectivity index (χ1n) is 11.5. The lowest BCUT2D eigenvalue weighted by atomic mass is 10.0. The number of rotatable bonds is 10. The first kappa shape index (κ1) is 24.6. The Balaban J connectivity index is 1.44. The lowest BCUT2D eigenvalue weighted by molar-refractivity contribution is 0.0914. The van der Waals surface area contributed by atoms with E-state index in [9.17, 15) is 8.42 Å². The van der Waals surface area contributed by atoms with Gasteiger partial charge in [-0.05, 0) is 54.4 Å². The van der Waals surface area contributed by atoms with Crippen LogP contribution in [0.25, 0.3) is 0 Å². The van der Waals surface area contributed by atoms with Crippen LogP contribution in [0.4, 0.5) is 11.4 Å². The quantitative estimate of drug-likeness (QED) is 0.391. The van der Waals surface area contributed by atoms with E-state index >= 15 is 0 Å². The monoisotopic (exact) mass is 494 g/mol. The third-order valence-corrected chi connectivity index (χ3v) is 7.10. The molecule has 1 aliphatic rings. The van der Waals surface area contributed by atoms with Crippen LogP contribution in [0.15, 0.2) is 82.7 Å². The molecule has 0 saturated carbocycles. The first-order valence-corrected chi connectivity index (χ1v) is 13.1. The smallest absolute Gasteiger partial charge is 0.199 e. The lowest BCUT2D eigenvalue weighted by Crippen LogP contribution is -2.26. The molecule has 3 aromatic carbocycles. The Kier molecular flexibility index (Phi) is 7.89. The Labute approximate surface area is 206 Å². The van der Waals surface area contributed by atoms with Crippen molar-refractivity contribution in [2.75, 3.05) is 43.3 Å².